The van der Waals surface area contributed by atoms with Gasteiger partial charge in [-0.1, -0.05) is 6.58 Å². The van der Waals surface area contributed by atoms with Crippen molar-refractivity contribution >= 4 is 5.97 Å². The Bertz CT molecular complexity index is 300. The molecule has 0 aromatic carbocycles. The van der Waals surface area contributed by atoms with Crippen LogP contribution in [-0.2, 0) is 23.7 Å². The molecule has 0 saturated carbocycles. The summed E-state index contributed by atoms with van der Waals surface area (Å²) >= 11 is 0. The van der Waals surface area contributed by atoms with Crippen LogP contribution in [0.3, 0.4) is 0 Å². The maximum atomic E-state index is 11.1. The van der Waals surface area contributed by atoms with Crippen molar-refractivity contribution in [2.45, 2.75) is 32.0 Å². The van der Waals surface area contributed by atoms with E-state index in [-0.39, 0.29) is 13.2 Å². The number of esters is 1. The Balaban J connectivity index is 1.82. The molecule has 0 bridgehead atoms. The van der Waals surface area contributed by atoms with Gasteiger partial charge < -0.3 is 24.1 Å². The predicted octanol–water partition coefficient (Wildman–Crippen LogP) is 0.679. The predicted molar refractivity (Wildman–Crippen MR) is 72.4 cm³/mol. The lowest BCUT2D eigenvalue weighted by Gasteiger charge is -2.11. The Morgan fingerprint density at radius 2 is 2.00 bits per heavy atom. The molecule has 1 fully saturated rings. The molecule has 0 radical (unpaired) electrons. The maximum Gasteiger partial charge on any atom is 0.333 e. The van der Waals surface area contributed by atoms with Crippen LogP contribution < -0.4 is 0 Å². The van der Waals surface area contributed by atoms with Gasteiger partial charge in [0.05, 0.1) is 19.8 Å². The minimum Gasteiger partial charge on any atom is -0.460 e. The number of epoxide rings is 1. The third-order valence-corrected chi connectivity index (χ3v) is 2.60. The summed E-state index contributed by atoms with van der Waals surface area (Å²) in [7, 11) is 0. The molecule has 1 saturated heterocycles. The average Bonchev–Trinajstić information content (AvgIpc) is 3.22. The molecule has 2 atom stereocenters. The quantitative estimate of drug-likeness (QED) is 0.246. The number of carbonyl (C=O) groups is 1. The van der Waals surface area contributed by atoms with Crippen molar-refractivity contribution in [2.24, 2.45) is 0 Å². The van der Waals surface area contributed by atoms with E-state index in [4.69, 9.17) is 18.9 Å². The number of unbranched alkanes of at least 4 members (excludes halogenated alkanes) is 1. The Morgan fingerprint density at radius 3 is 2.60 bits per heavy atom. The van der Waals surface area contributed by atoms with E-state index in [0.717, 1.165) is 19.4 Å². The standard InChI is InChI=1S/C14H24O6/c1-11(2)14(16)20-8-12(15)7-17-5-3-4-6-18-9-13-10-19-13/h12-13,15H,1,3-10H2,2H3. The number of hydrogen-bond donors (Lipinski definition) is 1. The summed E-state index contributed by atoms with van der Waals surface area (Å²) in [4.78, 5) is 11.1. The van der Waals surface area contributed by atoms with E-state index in [1.807, 2.05) is 0 Å². The van der Waals surface area contributed by atoms with Crippen LogP contribution in [0.15, 0.2) is 12.2 Å². The summed E-state index contributed by atoms with van der Waals surface area (Å²) in [5.74, 6) is -0.499. The maximum absolute atomic E-state index is 11.1. The van der Waals surface area contributed by atoms with Gasteiger partial charge in [-0.05, 0) is 19.8 Å². The number of carbonyl (C=O) groups excluding carboxylic acids is 1. The van der Waals surface area contributed by atoms with E-state index in [1.54, 1.807) is 6.92 Å². The molecule has 1 N–H and O–H groups in total. The van der Waals surface area contributed by atoms with E-state index in [1.165, 1.54) is 0 Å². The minimum atomic E-state index is -0.804. The summed E-state index contributed by atoms with van der Waals surface area (Å²) in [5, 5.41) is 9.52. The molecule has 0 aromatic heterocycles. The average molecular weight is 288 g/mol. The topological polar surface area (TPSA) is 77.5 Å². The molecule has 0 amide bonds. The van der Waals surface area contributed by atoms with E-state index in [2.05, 4.69) is 6.58 Å². The first-order valence-corrected chi connectivity index (χ1v) is 6.87. The first-order chi connectivity index (χ1) is 9.59. The summed E-state index contributed by atoms with van der Waals surface area (Å²) in [5.41, 5.74) is 0.315. The summed E-state index contributed by atoms with van der Waals surface area (Å²) < 4.78 is 20.5. The van der Waals surface area contributed by atoms with Crippen LogP contribution in [0.4, 0.5) is 0 Å². The third-order valence-electron chi connectivity index (χ3n) is 2.60. The van der Waals surface area contributed by atoms with Crippen LogP contribution in [0.25, 0.3) is 0 Å². The molecule has 1 rings (SSSR count). The molecule has 1 aliphatic rings. The lowest BCUT2D eigenvalue weighted by atomic mass is 10.3. The van der Waals surface area contributed by atoms with Gasteiger partial charge >= 0.3 is 5.97 Å². The second-order valence-corrected chi connectivity index (χ2v) is 4.84. The molecule has 2 unspecified atom stereocenters. The van der Waals surface area contributed by atoms with Crippen molar-refractivity contribution in [3.63, 3.8) is 0 Å². The van der Waals surface area contributed by atoms with Crippen molar-refractivity contribution < 1.29 is 28.8 Å². The van der Waals surface area contributed by atoms with Crippen LogP contribution in [0.5, 0.6) is 0 Å². The van der Waals surface area contributed by atoms with Gasteiger partial charge in [-0.15, -0.1) is 0 Å². The van der Waals surface area contributed by atoms with E-state index >= 15 is 0 Å². The summed E-state index contributed by atoms with van der Waals surface area (Å²) in [6.07, 6.45) is 1.28. The summed E-state index contributed by atoms with van der Waals surface area (Å²) in [6, 6.07) is 0. The highest BCUT2D eigenvalue weighted by atomic mass is 16.6. The zero-order chi connectivity index (χ0) is 14.8. The Labute approximate surface area is 119 Å². The number of hydrogen-bond acceptors (Lipinski definition) is 6. The second kappa shape index (κ2) is 9.88. The lowest BCUT2D eigenvalue weighted by molar-refractivity contribution is -0.143. The fraction of sp³-hybridized carbons (Fsp3) is 0.786. The molecule has 116 valence electrons. The molecule has 20 heavy (non-hydrogen) atoms. The van der Waals surface area contributed by atoms with E-state index in [9.17, 15) is 9.90 Å². The molecule has 1 aliphatic heterocycles. The van der Waals surface area contributed by atoms with Gasteiger partial charge in [-0.25, -0.2) is 4.79 Å². The van der Waals surface area contributed by atoms with Gasteiger partial charge in [0.25, 0.3) is 0 Å². The van der Waals surface area contributed by atoms with Gasteiger partial charge in [0, 0.05) is 18.8 Å². The highest BCUT2D eigenvalue weighted by Gasteiger charge is 2.21. The number of rotatable bonds is 12. The third kappa shape index (κ3) is 9.03. The zero-order valence-electron chi connectivity index (χ0n) is 12.0. The first-order valence-electron chi connectivity index (χ1n) is 6.87. The Kier molecular flexibility index (Phi) is 8.45. The van der Waals surface area contributed by atoms with Crippen LogP contribution >= 0.6 is 0 Å². The molecular formula is C14H24O6. The Hall–Kier alpha value is -0.950. The van der Waals surface area contributed by atoms with Gasteiger partial charge in [0.2, 0.25) is 0 Å². The number of ether oxygens (including phenoxy) is 4. The van der Waals surface area contributed by atoms with Gasteiger partial charge in [0.1, 0.15) is 18.8 Å². The molecular weight excluding hydrogens is 264 g/mol. The van der Waals surface area contributed by atoms with Crippen LogP contribution in [0.1, 0.15) is 19.8 Å². The second-order valence-electron chi connectivity index (χ2n) is 4.84. The molecule has 0 spiro atoms. The molecule has 1 heterocycles. The van der Waals surface area contributed by atoms with E-state index < -0.39 is 12.1 Å². The first kappa shape index (κ1) is 17.1. The van der Waals surface area contributed by atoms with Gasteiger partial charge in [-0.2, -0.15) is 0 Å². The molecule has 6 heteroatoms. The molecule has 0 aromatic rings. The monoisotopic (exact) mass is 288 g/mol. The fourth-order valence-corrected chi connectivity index (χ4v) is 1.35. The van der Waals surface area contributed by atoms with Crippen molar-refractivity contribution in [1.82, 2.24) is 0 Å². The lowest BCUT2D eigenvalue weighted by Crippen LogP contribution is -2.24. The highest BCUT2D eigenvalue weighted by Crippen LogP contribution is 2.08. The summed E-state index contributed by atoms with van der Waals surface area (Å²) in [6.45, 7) is 7.83. The smallest absolute Gasteiger partial charge is 0.333 e. The van der Waals surface area contributed by atoms with Crippen molar-refractivity contribution in [2.75, 3.05) is 39.6 Å². The van der Waals surface area contributed by atoms with Crippen LogP contribution in [0, 0.1) is 0 Å². The van der Waals surface area contributed by atoms with Crippen molar-refractivity contribution in [3.05, 3.63) is 12.2 Å². The van der Waals surface area contributed by atoms with Gasteiger partial charge in [0.15, 0.2) is 0 Å². The normalized spacial score (nSPS) is 18.6. The fourth-order valence-electron chi connectivity index (χ4n) is 1.35. The van der Waals surface area contributed by atoms with Crippen LogP contribution in [-0.4, -0.2) is 62.9 Å². The Morgan fingerprint density at radius 1 is 1.35 bits per heavy atom. The largest absolute Gasteiger partial charge is 0.460 e. The molecule has 6 nitrogen and oxygen atoms in total. The molecule has 0 aliphatic carbocycles. The zero-order valence-corrected chi connectivity index (χ0v) is 12.0. The van der Waals surface area contributed by atoms with E-state index in [0.29, 0.717) is 31.5 Å². The van der Waals surface area contributed by atoms with Crippen molar-refractivity contribution in [1.29, 1.82) is 0 Å². The SMILES string of the molecule is C=C(C)C(=O)OCC(O)COCCCCOCC1CO1. The van der Waals surface area contributed by atoms with Crippen molar-refractivity contribution in [3.8, 4) is 0 Å². The number of aliphatic hydroxyl groups is 1. The minimum absolute atomic E-state index is 0.0732. The van der Waals surface area contributed by atoms with Crippen LogP contribution in [0.2, 0.25) is 0 Å². The highest BCUT2D eigenvalue weighted by molar-refractivity contribution is 5.86. The number of aliphatic hydroxyl groups excluding tert-OH is 1. The van der Waals surface area contributed by atoms with Gasteiger partial charge in [-0.3, -0.25) is 0 Å².